The van der Waals surface area contributed by atoms with E-state index in [0.717, 1.165) is 0 Å². The van der Waals surface area contributed by atoms with E-state index >= 15 is 0 Å². The van der Waals surface area contributed by atoms with Crippen LogP contribution in [-0.4, -0.2) is 16.0 Å². The lowest BCUT2D eigenvalue weighted by Crippen LogP contribution is -2.30. The van der Waals surface area contributed by atoms with Crippen molar-refractivity contribution in [3.63, 3.8) is 0 Å². The van der Waals surface area contributed by atoms with E-state index in [2.05, 4.69) is 19.8 Å². The third-order valence-corrected chi connectivity index (χ3v) is 1.11. The number of azide groups is 1. The first-order valence-corrected chi connectivity index (χ1v) is 2.91. The Morgan fingerprint density at radius 1 is 1.79 bits per heavy atom. The number of nitrogens with zero attached hydrogens (tertiary/aromatic N) is 6. The molecule has 0 bridgehead atoms. The van der Waals surface area contributed by atoms with Gasteiger partial charge in [-0.1, -0.05) is 0 Å². The van der Waals surface area contributed by atoms with Gasteiger partial charge in [0.2, 0.25) is 0 Å². The Kier molecular flexibility index (Phi) is 2.26. The molecule has 14 heavy (non-hydrogen) atoms. The molecule has 1 aromatic rings. The molecule has 72 valence electrons. The van der Waals surface area contributed by atoms with Crippen molar-refractivity contribution >= 4 is 11.7 Å². The van der Waals surface area contributed by atoms with Crippen LogP contribution in [0.25, 0.3) is 10.4 Å². The summed E-state index contributed by atoms with van der Waals surface area (Å²) in [6, 6.07) is 0. The van der Waals surface area contributed by atoms with Crippen LogP contribution in [0.3, 0.4) is 0 Å². The fourth-order valence-corrected chi connectivity index (χ4v) is 0.623. The molecule has 0 radical (unpaired) electrons. The second-order valence-electron chi connectivity index (χ2n) is 1.85. The predicted molar refractivity (Wildman–Crippen MR) is 35.6 cm³/mol. The van der Waals surface area contributed by atoms with Crippen LogP contribution in [-0.2, 0) is 0 Å². The summed E-state index contributed by atoms with van der Waals surface area (Å²) in [4.78, 5) is 21.4. The highest BCUT2D eigenvalue weighted by atomic mass is 16.8. The molecule has 0 saturated heterocycles. The van der Waals surface area contributed by atoms with E-state index in [9.17, 15) is 20.1 Å². The minimum atomic E-state index is -1.43. The van der Waals surface area contributed by atoms with E-state index in [1.54, 1.807) is 0 Å². The summed E-state index contributed by atoms with van der Waals surface area (Å²) in [7, 11) is 0. The quantitative estimate of drug-likeness (QED) is 0.158. The zero-order valence-corrected chi connectivity index (χ0v) is 6.22. The zero-order chi connectivity index (χ0) is 10.7. The number of hydrogen-bond donors (Lipinski definition) is 0. The standard InChI is InChI=1S/C3N6O5/c4-7-5-3(10)1-2(8(11)12)6-14-9(1)13. The van der Waals surface area contributed by atoms with Gasteiger partial charge in [-0.3, -0.25) is 9.42 Å². The van der Waals surface area contributed by atoms with Gasteiger partial charge in [0.15, 0.2) is 0 Å². The lowest BCUT2D eigenvalue weighted by atomic mass is 10.4. The van der Waals surface area contributed by atoms with Crippen LogP contribution in [0.4, 0.5) is 5.82 Å². The van der Waals surface area contributed by atoms with Gasteiger partial charge in [-0.2, -0.15) is 0 Å². The monoisotopic (exact) mass is 200 g/mol. The average molecular weight is 200 g/mol. The van der Waals surface area contributed by atoms with Crippen LogP contribution in [0.1, 0.15) is 10.5 Å². The third-order valence-electron chi connectivity index (χ3n) is 1.11. The SMILES string of the molecule is [N-]=[N+]=NC(=O)c1c([N+](=O)[O-])no[n+]1[O-]. The van der Waals surface area contributed by atoms with Crippen molar-refractivity contribution in [2.75, 3.05) is 0 Å². The molecule has 0 spiro atoms. The maximum Gasteiger partial charge on any atom is 0.444 e. The molecule has 11 nitrogen and oxygen atoms in total. The van der Waals surface area contributed by atoms with Gasteiger partial charge in [-0.25, -0.2) is 0 Å². The smallest absolute Gasteiger partial charge is 0.359 e. The molecule has 0 N–H and O–H groups in total. The molecule has 11 heteroatoms. The Morgan fingerprint density at radius 3 is 2.93 bits per heavy atom. The lowest BCUT2D eigenvalue weighted by Gasteiger charge is -1.89. The number of carbonyl (C=O) groups is 1. The van der Waals surface area contributed by atoms with E-state index in [0.29, 0.717) is 0 Å². The van der Waals surface area contributed by atoms with Gasteiger partial charge in [0.25, 0.3) is 0 Å². The summed E-state index contributed by atoms with van der Waals surface area (Å²) in [5, 5.41) is 26.0. The molecule has 0 aromatic carbocycles. The minimum absolute atomic E-state index is 0.505. The van der Waals surface area contributed by atoms with Gasteiger partial charge in [0, 0.05) is 4.91 Å². The fourth-order valence-electron chi connectivity index (χ4n) is 0.623. The highest BCUT2D eigenvalue weighted by Gasteiger charge is 2.30. The third kappa shape index (κ3) is 1.42. The molecule has 0 unspecified atom stereocenters. The molecule has 1 amide bonds. The molecule has 0 aliphatic heterocycles. The first kappa shape index (κ1) is 9.41. The minimum Gasteiger partial charge on any atom is -0.359 e. The molecule has 0 aliphatic carbocycles. The first-order chi connectivity index (χ1) is 6.57. The summed E-state index contributed by atoms with van der Waals surface area (Å²) < 4.78 is 3.79. The van der Waals surface area contributed by atoms with Crippen molar-refractivity contribution in [3.8, 4) is 0 Å². The maximum absolute atomic E-state index is 10.8. The molecule has 0 aliphatic rings. The van der Waals surface area contributed by atoms with Crippen LogP contribution in [0.5, 0.6) is 0 Å². The normalized spacial score (nSPS) is 9.14. The zero-order valence-electron chi connectivity index (χ0n) is 6.22. The van der Waals surface area contributed by atoms with Gasteiger partial charge in [-0.15, -0.1) is 0 Å². The van der Waals surface area contributed by atoms with Crippen molar-refractivity contribution in [2.24, 2.45) is 5.11 Å². The Morgan fingerprint density at radius 2 is 2.43 bits per heavy atom. The Balaban J connectivity index is 3.30. The molecule has 0 saturated carbocycles. The molecule has 0 fully saturated rings. The van der Waals surface area contributed by atoms with Gasteiger partial charge in [0.05, 0.1) is 5.16 Å². The van der Waals surface area contributed by atoms with E-state index in [4.69, 9.17) is 5.53 Å². The lowest BCUT2D eigenvalue weighted by molar-refractivity contribution is -0.803. The molecular weight excluding hydrogens is 200 g/mol. The number of hydrogen-bond acceptors (Lipinski definition) is 6. The summed E-state index contributed by atoms with van der Waals surface area (Å²) in [6.45, 7) is 0. The highest BCUT2D eigenvalue weighted by Crippen LogP contribution is 2.11. The Labute approximate surface area is 73.8 Å². The summed E-state index contributed by atoms with van der Waals surface area (Å²) >= 11 is 0. The maximum atomic E-state index is 10.8. The topological polar surface area (TPSA) is 162 Å². The number of amides is 1. The number of rotatable bonds is 2. The summed E-state index contributed by atoms with van der Waals surface area (Å²) in [5.74, 6) is -2.53. The molecule has 0 atom stereocenters. The highest BCUT2D eigenvalue weighted by molar-refractivity contribution is 5.94. The van der Waals surface area contributed by atoms with Crippen LogP contribution in [0.15, 0.2) is 9.74 Å². The van der Waals surface area contributed by atoms with Crippen molar-refractivity contribution in [1.82, 2.24) is 5.16 Å². The van der Waals surface area contributed by atoms with E-state index in [1.165, 1.54) is 0 Å². The van der Waals surface area contributed by atoms with E-state index < -0.39 is 27.2 Å². The van der Waals surface area contributed by atoms with Crippen LogP contribution >= 0.6 is 0 Å². The van der Waals surface area contributed by atoms with Crippen LogP contribution in [0, 0.1) is 15.3 Å². The van der Waals surface area contributed by atoms with Crippen molar-refractivity contribution in [2.45, 2.75) is 0 Å². The van der Waals surface area contributed by atoms with Gasteiger partial charge in [-0.05, 0) is 20.5 Å². The average Bonchev–Trinajstić information content (AvgIpc) is 2.47. The van der Waals surface area contributed by atoms with Crippen LogP contribution in [0.2, 0.25) is 0 Å². The van der Waals surface area contributed by atoms with Gasteiger partial charge >= 0.3 is 17.4 Å². The molecule has 1 aromatic heterocycles. The first-order valence-electron chi connectivity index (χ1n) is 2.91. The van der Waals surface area contributed by atoms with Crippen molar-refractivity contribution in [1.29, 1.82) is 0 Å². The number of carbonyl (C=O) groups excluding carboxylic acids is 1. The van der Waals surface area contributed by atoms with E-state index in [1.807, 2.05) is 0 Å². The second-order valence-corrected chi connectivity index (χ2v) is 1.85. The van der Waals surface area contributed by atoms with Crippen LogP contribution < -0.4 is 4.90 Å². The summed E-state index contributed by atoms with van der Waals surface area (Å²) in [5.41, 5.74) is 6.80. The van der Waals surface area contributed by atoms with Crippen molar-refractivity contribution < 1.29 is 19.2 Å². The Bertz CT molecular complexity index is 442. The Hall–Kier alpha value is -2.68. The van der Waals surface area contributed by atoms with Crippen molar-refractivity contribution in [3.05, 3.63) is 31.5 Å². The number of aromatic nitrogens is 2. The summed E-state index contributed by atoms with van der Waals surface area (Å²) in [6.07, 6.45) is 0. The molecule has 1 rings (SSSR count). The largest absolute Gasteiger partial charge is 0.444 e. The van der Waals surface area contributed by atoms with Gasteiger partial charge < -0.3 is 15.3 Å². The number of nitro groups is 1. The fraction of sp³-hybridized carbons (Fsp3) is 0. The van der Waals surface area contributed by atoms with E-state index in [-0.39, 0.29) is 0 Å². The van der Waals surface area contributed by atoms with Gasteiger partial charge in [0.1, 0.15) is 0 Å². The molecular formula is C3N6O5. The molecule has 1 heterocycles. The predicted octanol–water partition coefficient (Wildman–Crippen LogP) is -0.333. The second kappa shape index (κ2) is 3.37.